The Labute approximate surface area is 94.0 Å². The smallest absolute Gasteiger partial charge is 0.251 e. The third-order valence-electron chi connectivity index (χ3n) is 1.92. The van der Waals surface area contributed by atoms with E-state index < -0.39 is 15.7 Å². The Hall–Kier alpha value is -1.40. The van der Waals surface area contributed by atoms with Crippen LogP contribution in [0.1, 0.15) is 10.4 Å². The SMILES string of the molecule is CS(=O)(=O)c1cccc(C(=O)NCCO)c1. The van der Waals surface area contributed by atoms with Gasteiger partial charge in [0.25, 0.3) is 5.91 Å². The number of rotatable bonds is 4. The van der Waals surface area contributed by atoms with Crippen molar-refractivity contribution in [3.63, 3.8) is 0 Å². The Bertz CT molecular complexity index is 481. The van der Waals surface area contributed by atoms with Crippen molar-refractivity contribution in [3.8, 4) is 0 Å². The van der Waals surface area contributed by atoms with Gasteiger partial charge in [0.15, 0.2) is 9.84 Å². The Kier molecular flexibility index (Phi) is 4.03. The maximum atomic E-state index is 11.5. The largest absolute Gasteiger partial charge is 0.395 e. The van der Waals surface area contributed by atoms with Crippen molar-refractivity contribution in [3.05, 3.63) is 29.8 Å². The molecule has 1 aromatic carbocycles. The van der Waals surface area contributed by atoms with Crippen molar-refractivity contribution in [2.75, 3.05) is 19.4 Å². The maximum Gasteiger partial charge on any atom is 0.251 e. The second-order valence-corrected chi connectivity index (χ2v) is 5.30. The van der Waals surface area contributed by atoms with E-state index in [1.54, 1.807) is 0 Å². The van der Waals surface area contributed by atoms with Gasteiger partial charge in [0.2, 0.25) is 0 Å². The molecule has 0 saturated heterocycles. The van der Waals surface area contributed by atoms with Gasteiger partial charge in [0, 0.05) is 18.4 Å². The van der Waals surface area contributed by atoms with Crippen LogP contribution < -0.4 is 5.32 Å². The minimum Gasteiger partial charge on any atom is -0.395 e. The van der Waals surface area contributed by atoms with Crippen LogP contribution in [0.3, 0.4) is 0 Å². The van der Waals surface area contributed by atoms with Crippen LogP contribution in [0.15, 0.2) is 29.2 Å². The van der Waals surface area contributed by atoms with E-state index in [4.69, 9.17) is 5.11 Å². The molecule has 0 aliphatic rings. The highest BCUT2D eigenvalue weighted by molar-refractivity contribution is 7.90. The highest BCUT2D eigenvalue weighted by Gasteiger charge is 2.10. The zero-order chi connectivity index (χ0) is 12.2. The molecule has 0 saturated carbocycles. The summed E-state index contributed by atoms with van der Waals surface area (Å²) in [6, 6.07) is 5.76. The zero-order valence-corrected chi connectivity index (χ0v) is 9.62. The predicted octanol–water partition coefficient (Wildman–Crippen LogP) is -0.188. The lowest BCUT2D eigenvalue weighted by atomic mass is 10.2. The quantitative estimate of drug-likeness (QED) is 0.768. The Morgan fingerprint density at radius 2 is 2.12 bits per heavy atom. The van der Waals surface area contributed by atoms with E-state index in [1.807, 2.05) is 0 Å². The molecule has 0 unspecified atom stereocenters. The molecule has 0 bridgehead atoms. The normalized spacial score (nSPS) is 11.1. The van der Waals surface area contributed by atoms with Crippen LogP contribution in [-0.4, -0.2) is 38.8 Å². The Balaban J connectivity index is 2.95. The second kappa shape index (κ2) is 5.09. The fourth-order valence-electron chi connectivity index (χ4n) is 1.14. The van der Waals surface area contributed by atoms with Gasteiger partial charge < -0.3 is 10.4 Å². The van der Waals surface area contributed by atoms with Crippen molar-refractivity contribution >= 4 is 15.7 Å². The average Bonchev–Trinajstić information content (AvgIpc) is 2.25. The summed E-state index contributed by atoms with van der Waals surface area (Å²) in [5.41, 5.74) is 0.261. The van der Waals surface area contributed by atoms with Crippen molar-refractivity contribution in [1.29, 1.82) is 0 Å². The Morgan fingerprint density at radius 1 is 1.44 bits per heavy atom. The molecular formula is C10H13NO4S. The highest BCUT2D eigenvalue weighted by atomic mass is 32.2. The van der Waals surface area contributed by atoms with Gasteiger partial charge in [-0.15, -0.1) is 0 Å². The first-order valence-corrected chi connectivity index (χ1v) is 6.53. The number of aliphatic hydroxyl groups excluding tert-OH is 1. The number of carbonyl (C=O) groups is 1. The summed E-state index contributed by atoms with van der Waals surface area (Å²) >= 11 is 0. The van der Waals surface area contributed by atoms with Gasteiger partial charge in [-0.3, -0.25) is 4.79 Å². The molecule has 1 rings (SSSR count). The fourth-order valence-corrected chi connectivity index (χ4v) is 1.81. The summed E-state index contributed by atoms with van der Waals surface area (Å²) in [5, 5.41) is 11.0. The number of nitrogens with one attached hydrogen (secondary N) is 1. The van der Waals surface area contributed by atoms with Crippen LogP contribution in [0.4, 0.5) is 0 Å². The first kappa shape index (κ1) is 12.7. The summed E-state index contributed by atoms with van der Waals surface area (Å²) < 4.78 is 22.5. The molecule has 1 amide bonds. The minimum atomic E-state index is -3.31. The summed E-state index contributed by atoms with van der Waals surface area (Å²) in [6.07, 6.45) is 1.08. The zero-order valence-electron chi connectivity index (χ0n) is 8.80. The van der Waals surface area contributed by atoms with Crippen LogP contribution in [0, 0.1) is 0 Å². The average molecular weight is 243 g/mol. The first-order chi connectivity index (χ1) is 7.45. The number of benzene rings is 1. The van der Waals surface area contributed by atoms with E-state index in [9.17, 15) is 13.2 Å². The van der Waals surface area contributed by atoms with E-state index >= 15 is 0 Å². The van der Waals surface area contributed by atoms with E-state index in [0.717, 1.165) is 6.26 Å². The third kappa shape index (κ3) is 3.32. The molecule has 0 aliphatic carbocycles. The summed E-state index contributed by atoms with van der Waals surface area (Å²) in [6.45, 7) is -0.0144. The van der Waals surface area contributed by atoms with Gasteiger partial charge in [-0.2, -0.15) is 0 Å². The topological polar surface area (TPSA) is 83.5 Å². The lowest BCUT2D eigenvalue weighted by Gasteiger charge is -2.04. The van der Waals surface area contributed by atoms with E-state index in [1.165, 1.54) is 24.3 Å². The molecular weight excluding hydrogens is 230 g/mol. The van der Waals surface area contributed by atoms with Gasteiger partial charge in [0.05, 0.1) is 11.5 Å². The number of carbonyl (C=O) groups excluding carboxylic acids is 1. The number of hydrogen-bond acceptors (Lipinski definition) is 4. The molecule has 0 atom stereocenters. The number of aliphatic hydroxyl groups is 1. The van der Waals surface area contributed by atoms with Crippen molar-refractivity contribution in [2.45, 2.75) is 4.90 Å². The van der Waals surface area contributed by atoms with Gasteiger partial charge in [-0.1, -0.05) is 6.07 Å². The van der Waals surface area contributed by atoms with Crippen LogP contribution in [-0.2, 0) is 9.84 Å². The van der Waals surface area contributed by atoms with Gasteiger partial charge in [0.1, 0.15) is 0 Å². The number of hydrogen-bond donors (Lipinski definition) is 2. The first-order valence-electron chi connectivity index (χ1n) is 4.64. The fraction of sp³-hybridized carbons (Fsp3) is 0.300. The molecule has 1 aromatic rings. The molecule has 5 nitrogen and oxygen atoms in total. The van der Waals surface area contributed by atoms with Crippen molar-refractivity contribution in [1.82, 2.24) is 5.32 Å². The van der Waals surface area contributed by atoms with Crippen LogP contribution in [0.5, 0.6) is 0 Å². The Morgan fingerprint density at radius 3 is 2.69 bits per heavy atom. The van der Waals surface area contributed by atoms with E-state index in [0.29, 0.717) is 0 Å². The lowest BCUT2D eigenvalue weighted by molar-refractivity contribution is 0.0944. The summed E-state index contributed by atoms with van der Waals surface area (Å²) in [5.74, 6) is -0.403. The highest BCUT2D eigenvalue weighted by Crippen LogP contribution is 2.11. The molecule has 2 N–H and O–H groups in total. The minimum absolute atomic E-state index is 0.101. The molecule has 6 heteroatoms. The number of amides is 1. The molecule has 0 fully saturated rings. The maximum absolute atomic E-state index is 11.5. The summed E-state index contributed by atoms with van der Waals surface area (Å²) in [7, 11) is -3.31. The van der Waals surface area contributed by atoms with Gasteiger partial charge in [-0.25, -0.2) is 8.42 Å². The monoisotopic (exact) mass is 243 g/mol. The molecule has 88 valence electrons. The molecule has 0 spiro atoms. The van der Waals surface area contributed by atoms with Crippen LogP contribution >= 0.6 is 0 Å². The summed E-state index contributed by atoms with van der Waals surface area (Å²) in [4.78, 5) is 11.6. The molecule has 0 radical (unpaired) electrons. The van der Waals surface area contributed by atoms with E-state index in [2.05, 4.69) is 5.32 Å². The molecule has 0 aromatic heterocycles. The predicted molar refractivity (Wildman–Crippen MR) is 59.0 cm³/mol. The standard InChI is InChI=1S/C10H13NO4S/c1-16(14,15)9-4-2-3-8(7-9)10(13)11-5-6-12/h2-4,7,12H,5-6H2,1H3,(H,11,13). The molecule has 16 heavy (non-hydrogen) atoms. The second-order valence-electron chi connectivity index (χ2n) is 3.28. The van der Waals surface area contributed by atoms with Crippen LogP contribution in [0.2, 0.25) is 0 Å². The molecule has 0 heterocycles. The van der Waals surface area contributed by atoms with Crippen LogP contribution in [0.25, 0.3) is 0 Å². The number of sulfone groups is 1. The molecule has 0 aliphatic heterocycles. The van der Waals surface area contributed by atoms with Gasteiger partial charge >= 0.3 is 0 Å². The van der Waals surface area contributed by atoms with Gasteiger partial charge in [-0.05, 0) is 18.2 Å². The van der Waals surface area contributed by atoms with Crippen molar-refractivity contribution < 1.29 is 18.3 Å². The van der Waals surface area contributed by atoms with E-state index in [-0.39, 0.29) is 23.6 Å². The third-order valence-corrected chi connectivity index (χ3v) is 3.03. The van der Waals surface area contributed by atoms with Crippen molar-refractivity contribution in [2.24, 2.45) is 0 Å². The lowest BCUT2D eigenvalue weighted by Crippen LogP contribution is -2.26.